The molecule has 0 spiro atoms. The second-order valence-electron chi connectivity index (χ2n) is 5.04. The van der Waals surface area contributed by atoms with Crippen molar-refractivity contribution in [1.82, 2.24) is 25.2 Å². The van der Waals surface area contributed by atoms with Crippen molar-refractivity contribution >= 4 is 6.29 Å². The molecule has 1 saturated heterocycles. The highest BCUT2D eigenvalue weighted by molar-refractivity contribution is 5.49. The summed E-state index contributed by atoms with van der Waals surface area (Å²) in [4.78, 5) is 25.5. The lowest BCUT2D eigenvalue weighted by atomic mass is 9.97. The standard InChI is InChI=1S/C13H21N5O/c1-11(2-7-19)8-12(13-16-9-15-10-17-13)18-5-3-14-4-6-18/h7,9-12,14H,2-6,8H2,1H3. The summed E-state index contributed by atoms with van der Waals surface area (Å²) in [5, 5.41) is 3.35. The van der Waals surface area contributed by atoms with E-state index in [1.54, 1.807) is 12.7 Å². The molecule has 1 aromatic rings. The SMILES string of the molecule is CC(CC=O)CC(c1ncncn1)N1CCNCC1. The Labute approximate surface area is 113 Å². The second-order valence-corrected chi connectivity index (χ2v) is 5.04. The number of hydrogen-bond acceptors (Lipinski definition) is 6. The van der Waals surface area contributed by atoms with E-state index in [4.69, 9.17) is 0 Å². The molecule has 1 aliphatic rings. The van der Waals surface area contributed by atoms with Crippen LogP contribution in [0.1, 0.15) is 31.6 Å². The molecule has 0 saturated carbocycles. The van der Waals surface area contributed by atoms with E-state index in [2.05, 4.69) is 32.1 Å². The van der Waals surface area contributed by atoms with Crippen LogP contribution in [0.5, 0.6) is 0 Å². The van der Waals surface area contributed by atoms with Crippen LogP contribution in [-0.2, 0) is 4.79 Å². The average Bonchev–Trinajstić information content (AvgIpc) is 2.47. The Kier molecular flexibility index (Phi) is 5.35. The molecule has 104 valence electrons. The van der Waals surface area contributed by atoms with Crippen LogP contribution in [0.25, 0.3) is 0 Å². The van der Waals surface area contributed by atoms with Crippen molar-refractivity contribution in [3.63, 3.8) is 0 Å². The first-order valence-corrected chi connectivity index (χ1v) is 6.81. The van der Waals surface area contributed by atoms with Gasteiger partial charge in [-0.1, -0.05) is 6.92 Å². The van der Waals surface area contributed by atoms with Crippen molar-refractivity contribution in [2.75, 3.05) is 26.2 Å². The number of nitrogens with zero attached hydrogens (tertiary/aromatic N) is 4. The minimum absolute atomic E-state index is 0.181. The van der Waals surface area contributed by atoms with Crippen LogP contribution in [0.3, 0.4) is 0 Å². The zero-order valence-electron chi connectivity index (χ0n) is 11.3. The molecular formula is C13H21N5O. The van der Waals surface area contributed by atoms with Crippen LogP contribution in [0.2, 0.25) is 0 Å². The zero-order chi connectivity index (χ0) is 13.5. The number of carbonyl (C=O) groups excluding carboxylic acids is 1. The zero-order valence-corrected chi connectivity index (χ0v) is 11.3. The summed E-state index contributed by atoms with van der Waals surface area (Å²) in [7, 11) is 0. The van der Waals surface area contributed by atoms with Crippen molar-refractivity contribution in [2.45, 2.75) is 25.8 Å². The first kappa shape index (κ1) is 14.0. The molecule has 6 nitrogen and oxygen atoms in total. The average molecular weight is 263 g/mol. The van der Waals surface area contributed by atoms with Crippen LogP contribution in [-0.4, -0.2) is 52.3 Å². The van der Waals surface area contributed by atoms with Gasteiger partial charge in [-0.25, -0.2) is 15.0 Å². The molecule has 6 heteroatoms. The maximum Gasteiger partial charge on any atom is 0.149 e. The van der Waals surface area contributed by atoms with Crippen LogP contribution in [0.15, 0.2) is 12.7 Å². The van der Waals surface area contributed by atoms with Gasteiger partial charge in [0.2, 0.25) is 0 Å². The van der Waals surface area contributed by atoms with Gasteiger partial charge in [-0.3, -0.25) is 4.90 Å². The molecule has 1 aliphatic heterocycles. The van der Waals surface area contributed by atoms with E-state index >= 15 is 0 Å². The van der Waals surface area contributed by atoms with E-state index in [1.165, 1.54) is 0 Å². The molecule has 1 fully saturated rings. The van der Waals surface area contributed by atoms with Crippen molar-refractivity contribution < 1.29 is 4.79 Å². The van der Waals surface area contributed by atoms with Gasteiger partial charge < -0.3 is 10.1 Å². The Balaban J connectivity index is 2.10. The first-order chi connectivity index (χ1) is 9.31. The Bertz CT molecular complexity index is 380. The van der Waals surface area contributed by atoms with Gasteiger partial charge >= 0.3 is 0 Å². The summed E-state index contributed by atoms with van der Waals surface area (Å²) in [6, 6.07) is 0.181. The Morgan fingerprint density at radius 2 is 2.05 bits per heavy atom. The van der Waals surface area contributed by atoms with E-state index in [9.17, 15) is 4.79 Å². The third-order valence-corrected chi connectivity index (χ3v) is 3.53. The minimum Gasteiger partial charge on any atom is -0.314 e. The largest absolute Gasteiger partial charge is 0.314 e. The molecule has 0 aliphatic carbocycles. The number of carbonyl (C=O) groups is 1. The fraction of sp³-hybridized carbons (Fsp3) is 0.692. The molecule has 0 bridgehead atoms. The molecule has 2 atom stereocenters. The number of piperazine rings is 1. The van der Waals surface area contributed by atoms with Crippen molar-refractivity contribution in [3.8, 4) is 0 Å². The second kappa shape index (κ2) is 7.25. The Morgan fingerprint density at radius 3 is 2.68 bits per heavy atom. The van der Waals surface area contributed by atoms with Crippen LogP contribution >= 0.6 is 0 Å². The van der Waals surface area contributed by atoms with Crippen molar-refractivity contribution in [2.24, 2.45) is 5.92 Å². The van der Waals surface area contributed by atoms with Gasteiger partial charge in [-0.2, -0.15) is 0 Å². The normalized spacial score (nSPS) is 19.8. The Morgan fingerprint density at radius 1 is 1.37 bits per heavy atom. The van der Waals surface area contributed by atoms with E-state index < -0.39 is 0 Å². The predicted octanol–water partition coefficient (Wildman–Crippen LogP) is 0.433. The smallest absolute Gasteiger partial charge is 0.149 e. The number of hydrogen-bond donors (Lipinski definition) is 1. The quantitative estimate of drug-likeness (QED) is 0.751. The number of nitrogens with one attached hydrogen (secondary N) is 1. The molecule has 0 radical (unpaired) electrons. The molecule has 19 heavy (non-hydrogen) atoms. The third-order valence-electron chi connectivity index (χ3n) is 3.53. The molecule has 1 aromatic heterocycles. The number of aromatic nitrogens is 3. The van der Waals surface area contributed by atoms with Gasteiger partial charge in [-0.15, -0.1) is 0 Å². The number of aldehydes is 1. The predicted molar refractivity (Wildman–Crippen MR) is 71.5 cm³/mol. The summed E-state index contributed by atoms with van der Waals surface area (Å²) in [6.07, 6.45) is 5.58. The topological polar surface area (TPSA) is 71.0 Å². The summed E-state index contributed by atoms with van der Waals surface area (Å²) in [6.45, 7) is 6.06. The molecule has 0 amide bonds. The fourth-order valence-electron chi connectivity index (χ4n) is 2.47. The van der Waals surface area contributed by atoms with E-state index in [0.29, 0.717) is 12.3 Å². The highest BCUT2D eigenvalue weighted by atomic mass is 16.1. The first-order valence-electron chi connectivity index (χ1n) is 6.81. The van der Waals surface area contributed by atoms with Gasteiger partial charge in [0.25, 0.3) is 0 Å². The molecule has 1 N–H and O–H groups in total. The molecule has 0 aromatic carbocycles. The lowest BCUT2D eigenvalue weighted by molar-refractivity contribution is -0.108. The highest BCUT2D eigenvalue weighted by Gasteiger charge is 2.25. The maximum atomic E-state index is 10.6. The van der Waals surface area contributed by atoms with Gasteiger partial charge in [0.05, 0.1) is 6.04 Å². The van der Waals surface area contributed by atoms with Gasteiger partial charge in [0.15, 0.2) is 0 Å². The lowest BCUT2D eigenvalue weighted by Crippen LogP contribution is -2.45. The van der Waals surface area contributed by atoms with Gasteiger partial charge in [-0.05, 0) is 12.3 Å². The van der Waals surface area contributed by atoms with Gasteiger partial charge in [0.1, 0.15) is 24.8 Å². The lowest BCUT2D eigenvalue weighted by Gasteiger charge is -2.35. The molecule has 2 rings (SSSR count). The summed E-state index contributed by atoms with van der Waals surface area (Å²) < 4.78 is 0. The highest BCUT2D eigenvalue weighted by Crippen LogP contribution is 2.26. The van der Waals surface area contributed by atoms with E-state index in [0.717, 1.165) is 44.7 Å². The monoisotopic (exact) mass is 263 g/mol. The minimum atomic E-state index is 0.181. The Hall–Kier alpha value is -1.40. The third kappa shape index (κ3) is 4.04. The van der Waals surface area contributed by atoms with Crippen LogP contribution in [0, 0.1) is 5.92 Å². The van der Waals surface area contributed by atoms with E-state index in [1.807, 2.05) is 0 Å². The molecular weight excluding hydrogens is 242 g/mol. The maximum absolute atomic E-state index is 10.6. The van der Waals surface area contributed by atoms with Crippen molar-refractivity contribution in [3.05, 3.63) is 18.5 Å². The molecule has 2 unspecified atom stereocenters. The van der Waals surface area contributed by atoms with Crippen LogP contribution < -0.4 is 5.32 Å². The molecule has 2 heterocycles. The van der Waals surface area contributed by atoms with E-state index in [-0.39, 0.29) is 6.04 Å². The summed E-state index contributed by atoms with van der Waals surface area (Å²) in [5.41, 5.74) is 0. The number of rotatable bonds is 6. The summed E-state index contributed by atoms with van der Waals surface area (Å²) >= 11 is 0. The van der Waals surface area contributed by atoms with Gasteiger partial charge in [0, 0.05) is 32.6 Å². The van der Waals surface area contributed by atoms with Crippen molar-refractivity contribution in [1.29, 1.82) is 0 Å². The fourth-order valence-corrected chi connectivity index (χ4v) is 2.47. The summed E-state index contributed by atoms with van der Waals surface area (Å²) in [5.74, 6) is 1.16. The van der Waals surface area contributed by atoms with Crippen LogP contribution in [0.4, 0.5) is 0 Å².